The van der Waals surface area contributed by atoms with E-state index in [4.69, 9.17) is 11.6 Å². The second kappa shape index (κ2) is 7.83. The highest BCUT2D eigenvalue weighted by atomic mass is 35.5. The zero-order valence-electron chi connectivity index (χ0n) is 14.7. The molecule has 0 N–H and O–H groups in total. The topological polar surface area (TPSA) is 49.3 Å². The number of rotatable bonds is 6. The molecule has 136 valence electrons. The minimum atomic E-state index is -0.396. The summed E-state index contributed by atoms with van der Waals surface area (Å²) < 4.78 is 14.1. The van der Waals surface area contributed by atoms with Crippen molar-refractivity contribution in [2.45, 2.75) is 25.4 Å². The van der Waals surface area contributed by atoms with Crippen molar-refractivity contribution in [1.29, 1.82) is 0 Å². The minimum Gasteiger partial charge on any atom is -0.347 e. The molecule has 1 fully saturated rings. The van der Waals surface area contributed by atoms with Crippen LogP contribution in [0.3, 0.4) is 0 Å². The summed E-state index contributed by atoms with van der Waals surface area (Å²) in [5.41, 5.74) is 1.07. The summed E-state index contributed by atoms with van der Waals surface area (Å²) in [7, 11) is 3.71. The quantitative estimate of drug-likeness (QED) is 0.726. The lowest BCUT2D eigenvalue weighted by Crippen LogP contribution is -2.31. The summed E-state index contributed by atoms with van der Waals surface area (Å²) >= 11 is 6.10. The molecule has 0 spiro atoms. The Morgan fingerprint density at radius 1 is 1.31 bits per heavy atom. The molecule has 0 bridgehead atoms. The van der Waals surface area contributed by atoms with Gasteiger partial charge in [0.05, 0.1) is 6.54 Å². The molecule has 1 aliphatic rings. The molecule has 0 saturated heterocycles. The number of halogens is 2. The summed E-state index contributed by atoms with van der Waals surface area (Å²) in [6.45, 7) is 0.162. The lowest BCUT2D eigenvalue weighted by atomic mass is 10.2. The van der Waals surface area contributed by atoms with Gasteiger partial charge in [0.2, 0.25) is 11.9 Å². The fourth-order valence-electron chi connectivity index (χ4n) is 2.54. The summed E-state index contributed by atoms with van der Waals surface area (Å²) in [6, 6.07) is 4.68. The molecule has 0 radical (unpaired) electrons. The van der Waals surface area contributed by atoms with Gasteiger partial charge < -0.3 is 9.80 Å². The van der Waals surface area contributed by atoms with E-state index in [2.05, 4.69) is 9.97 Å². The number of carbonyl (C=O) groups excluding carboxylic acids is 1. The number of amides is 1. The monoisotopic (exact) mass is 374 g/mol. The van der Waals surface area contributed by atoms with Gasteiger partial charge in [-0.25, -0.2) is 14.4 Å². The fraction of sp³-hybridized carbons (Fsp3) is 0.316. The normalized spacial score (nSPS) is 13.8. The van der Waals surface area contributed by atoms with E-state index in [1.54, 1.807) is 40.4 Å². The second-order valence-electron chi connectivity index (χ2n) is 6.44. The number of carbonyl (C=O) groups is 1. The van der Waals surface area contributed by atoms with Gasteiger partial charge in [0, 0.05) is 54.8 Å². The molecule has 3 rings (SSSR count). The van der Waals surface area contributed by atoms with Crippen LogP contribution in [0.5, 0.6) is 0 Å². The Bertz CT molecular complexity index is 799. The average Bonchev–Trinajstić information content (AvgIpc) is 3.45. The molecule has 5 nitrogen and oxygen atoms in total. The van der Waals surface area contributed by atoms with E-state index >= 15 is 0 Å². The fourth-order valence-corrected chi connectivity index (χ4v) is 2.76. The molecular formula is C19H20ClFN4O. The predicted octanol–water partition coefficient (Wildman–Crippen LogP) is 3.54. The van der Waals surface area contributed by atoms with Crippen LogP contribution < -0.4 is 4.90 Å². The van der Waals surface area contributed by atoms with E-state index in [1.165, 1.54) is 12.1 Å². The zero-order chi connectivity index (χ0) is 18.7. The third-order valence-electron chi connectivity index (χ3n) is 4.14. The first-order chi connectivity index (χ1) is 12.5. The Balaban J connectivity index is 1.73. The van der Waals surface area contributed by atoms with E-state index in [0.29, 0.717) is 16.5 Å². The maximum Gasteiger partial charge on any atom is 0.247 e. The van der Waals surface area contributed by atoms with Crippen LogP contribution >= 0.6 is 11.6 Å². The van der Waals surface area contributed by atoms with Gasteiger partial charge in [-0.15, -0.1) is 0 Å². The highest BCUT2D eigenvalue weighted by Gasteiger charge is 2.32. The van der Waals surface area contributed by atoms with E-state index in [-0.39, 0.29) is 18.5 Å². The molecular weight excluding hydrogens is 355 g/mol. The first-order valence-electron chi connectivity index (χ1n) is 8.36. The molecule has 1 aromatic heterocycles. The van der Waals surface area contributed by atoms with Crippen LogP contribution in [0.2, 0.25) is 5.02 Å². The first-order valence-corrected chi connectivity index (χ1v) is 8.74. The summed E-state index contributed by atoms with van der Waals surface area (Å²) in [6.07, 6.45) is 8.29. The second-order valence-corrected chi connectivity index (χ2v) is 6.85. The number of anilines is 1. The molecule has 1 aliphatic carbocycles. The van der Waals surface area contributed by atoms with Crippen LogP contribution in [0, 0.1) is 5.82 Å². The third-order valence-corrected chi connectivity index (χ3v) is 4.49. The molecule has 0 unspecified atom stereocenters. The molecule has 2 aromatic rings. The lowest BCUT2D eigenvalue weighted by Gasteiger charge is -2.22. The van der Waals surface area contributed by atoms with Gasteiger partial charge in [-0.3, -0.25) is 4.79 Å². The molecule has 0 aliphatic heterocycles. The minimum absolute atomic E-state index is 0.134. The maximum atomic E-state index is 14.1. The Labute approximate surface area is 157 Å². The van der Waals surface area contributed by atoms with E-state index in [0.717, 1.165) is 18.4 Å². The van der Waals surface area contributed by atoms with Crippen LogP contribution in [0.4, 0.5) is 10.3 Å². The van der Waals surface area contributed by atoms with Crippen molar-refractivity contribution in [2.75, 3.05) is 19.0 Å². The van der Waals surface area contributed by atoms with Crippen molar-refractivity contribution in [2.24, 2.45) is 0 Å². The number of hydrogen-bond acceptors (Lipinski definition) is 4. The molecule has 7 heteroatoms. The third kappa shape index (κ3) is 4.38. The first kappa shape index (κ1) is 18.3. The summed E-state index contributed by atoms with van der Waals surface area (Å²) in [4.78, 5) is 24.5. The summed E-state index contributed by atoms with van der Waals surface area (Å²) in [5, 5.41) is 0.333. The maximum absolute atomic E-state index is 14.1. The average molecular weight is 375 g/mol. The highest BCUT2D eigenvalue weighted by Crippen LogP contribution is 2.31. The summed E-state index contributed by atoms with van der Waals surface area (Å²) in [5.74, 6) is 0.0263. The van der Waals surface area contributed by atoms with Crippen LogP contribution in [-0.4, -0.2) is 40.9 Å². The SMILES string of the molecule is CN(C)c1ncc(/C=C/C(=O)N(Cc2c(F)cccc2Cl)C2CC2)cn1. The zero-order valence-corrected chi connectivity index (χ0v) is 15.4. The van der Waals surface area contributed by atoms with Crippen LogP contribution in [0.15, 0.2) is 36.7 Å². The van der Waals surface area contributed by atoms with Gasteiger partial charge in [-0.05, 0) is 31.1 Å². The van der Waals surface area contributed by atoms with Crippen LogP contribution in [0.25, 0.3) is 6.08 Å². The molecule has 1 saturated carbocycles. The van der Waals surface area contributed by atoms with Crippen molar-refractivity contribution >= 4 is 29.5 Å². The number of nitrogens with zero attached hydrogens (tertiary/aromatic N) is 4. The van der Waals surface area contributed by atoms with Gasteiger partial charge >= 0.3 is 0 Å². The van der Waals surface area contributed by atoms with Gasteiger partial charge in [0.15, 0.2) is 0 Å². The van der Waals surface area contributed by atoms with Crippen molar-refractivity contribution < 1.29 is 9.18 Å². The standard InChI is InChI=1S/C19H20ClFN4O/c1-24(2)19-22-10-13(11-23-19)6-9-18(26)25(14-7-8-14)12-15-16(20)4-3-5-17(15)21/h3-6,9-11,14H,7-8,12H2,1-2H3/b9-6+. The van der Waals surface area contributed by atoms with E-state index in [9.17, 15) is 9.18 Å². The Morgan fingerprint density at radius 3 is 2.58 bits per heavy atom. The Hall–Kier alpha value is -2.47. The number of benzene rings is 1. The molecule has 1 aromatic carbocycles. The van der Waals surface area contributed by atoms with E-state index in [1.807, 2.05) is 14.1 Å². The van der Waals surface area contributed by atoms with E-state index < -0.39 is 5.82 Å². The number of hydrogen-bond donors (Lipinski definition) is 0. The largest absolute Gasteiger partial charge is 0.347 e. The molecule has 0 atom stereocenters. The van der Waals surface area contributed by atoms with Gasteiger partial charge in [-0.1, -0.05) is 17.7 Å². The Morgan fingerprint density at radius 2 is 2.00 bits per heavy atom. The lowest BCUT2D eigenvalue weighted by molar-refractivity contribution is -0.127. The van der Waals surface area contributed by atoms with Crippen molar-refractivity contribution in [1.82, 2.24) is 14.9 Å². The van der Waals surface area contributed by atoms with Gasteiger partial charge in [-0.2, -0.15) is 0 Å². The number of aromatic nitrogens is 2. The van der Waals surface area contributed by atoms with Crippen molar-refractivity contribution in [3.05, 3.63) is 58.6 Å². The van der Waals surface area contributed by atoms with Crippen molar-refractivity contribution in [3.8, 4) is 0 Å². The van der Waals surface area contributed by atoms with Crippen molar-refractivity contribution in [3.63, 3.8) is 0 Å². The highest BCUT2D eigenvalue weighted by molar-refractivity contribution is 6.31. The predicted molar refractivity (Wildman–Crippen MR) is 100 cm³/mol. The molecule has 1 amide bonds. The van der Waals surface area contributed by atoms with Crippen LogP contribution in [0.1, 0.15) is 24.0 Å². The van der Waals surface area contributed by atoms with Gasteiger partial charge in [0.1, 0.15) is 5.82 Å². The molecule has 1 heterocycles. The molecule has 26 heavy (non-hydrogen) atoms. The smallest absolute Gasteiger partial charge is 0.247 e. The van der Waals surface area contributed by atoms with Crippen LogP contribution in [-0.2, 0) is 11.3 Å². The Kier molecular flexibility index (Phi) is 5.52. The van der Waals surface area contributed by atoms with Gasteiger partial charge in [0.25, 0.3) is 0 Å².